The number of ketones is 1. The number of hydrogen-bond acceptors (Lipinski definition) is 9. The van der Waals surface area contributed by atoms with Crippen LogP contribution in [0.3, 0.4) is 0 Å². The van der Waals surface area contributed by atoms with Crippen LogP contribution in [0.1, 0.15) is 65.2 Å². The van der Waals surface area contributed by atoms with Crippen molar-refractivity contribution in [2.45, 2.75) is 95.5 Å². The Bertz CT molecular complexity index is 1030. The Morgan fingerprint density at radius 2 is 1.65 bits per heavy atom. The molecule has 3 aliphatic heterocycles. The molecule has 5 amide bonds. The van der Waals surface area contributed by atoms with E-state index in [0.29, 0.717) is 12.8 Å². The Hall–Kier alpha value is -3.55. The number of nitrogens with zero attached hydrogens (tertiary/aromatic N) is 2. The van der Waals surface area contributed by atoms with Gasteiger partial charge in [0.15, 0.2) is 5.78 Å². The molecule has 5 atom stereocenters. The van der Waals surface area contributed by atoms with Gasteiger partial charge in [0.05, 0.1) is 18.7 Å². The molecule has 0 aromatic rings. The van der Waals surface area contributed by atoms with Crippen LogP contribution in [0, 0.1) is 5.92 Å². The van der Waals surface area contributed by atoms with Crippen LogP contribution in [0.2, 0.25) is 0 Å². The van der Waals surface area contributed by atoms with Gasteiger partial charge in [-0.05, 0) is 38.0 Å². The van der Waals surface area contributed by atoms with Gasteiger partial charge in [0.2, 0.25) is 29.5 Å². The summed E-state index contributed by atoms with van der Waals surface area (Å²) in [5, 5.41) is 28.8. The number of carboxylic acid groups (broad SMARTS) is 1. The van der Waals surface area contributed by atoms with Crippen molar-refractivity contribution in [1.82, 2.24) is 25.8 Å². The summed E-state index contributed by atoms with van der Waals surface area (Å²) in [6.45, 7) is 3.24. The number of rotatable bonds is 5. The molecular weight excluding hydrogens is 526 g/mol. The lowest BCUT2D eigenvalue weighted by molar-refractivity contribution is -0.305. The predicted octanol–water partition coefficient (Wildman–Crippen LogP) is -3.04. The zero-order valence-electron chi connectivity index (χ0n) is 22.8. The lowest BCUT2D eigenvalue weighted by Gasteiger charge is -2.30. The van der Waals surface area contributed by atoms with E-state index in [2.05, 4.69) is 16.0 Å². The molecule has 222 valence electrons. The van der Waals surface area contributed by atoms with E-state index in [1.807, 2.05) is 13.8 Å². The van der Waals surface area contributed by atoms with Crippen LogP contribution >= 0.6 is 0 Å². The van der Waals surface area contributed by atoms with Crippen LogP contribution in [0.25, 0.3) is 0 Å². The minimum Gasteiger partial charge on any atom is -0.550 e. The van der Waals surface area contributed by atoms with Crippen molar-refractivity contribution in [1.29, 1.82) is 0 Å². The molecule has 40 heavy (non-hydrogen) atoms. The lowest BCUT2D eigenvalue weighted by Crippen LogP contribution is -2.56. The van der Waals surface area contributed by atoms with Crippen molar-refractivity contribution in [2.24, 2.45) is 5.92 Å². The second-order valence-electron chi connectivity index (χ2n) is 11.1. The highest BCUT2D eigenvalue weighted by Gasteiger charge is 2.42. The average molecular weight is 565 g/mol. The van der Waals surface area contributed by atoms with Crippen LogP contribution in [-0.4, -0.2) is 106 Å². The number of carboxylic acids is 1. The van der Waals surface area contributed by atoms with Crippen LogP contribution < -0.4 is 21.1 Å². The first-order valence-electron chi connectivity index (χ1n) is 13.7. The fourth-order valence-electron chi connectivity index (χ4n) is 5.48. The van der Waals surface area contributed by atoms with Crippen LogP contribution in [0.5, 0.6) is 0 Å². The number of hydrogen-bond donors (Lipinski definition) is 4. The quantitative estimate of drug-likeness (QED) is 0.267. The summed E-state index contributed by atoms with van der Waals surface area (Å²) in [4.78, 5) is 91.9. The molecule has 0 saturated carbocycles. The van der Waals surface area contributed by atoms with Crippen molar-refractivity contribution < 1.29 is 43.8 Å². The second-order valence-corrected chi connectivity index (χ2v) is 11.1. The molecule has 0 aliphatic carbocycles. The third kappa shape index (κ3) is 7.99. The summed E-state index contributed by atoms with van der Waals surface area (Å²) in [6.07, 6.45) is -1.15. The maximum Gasteiger partial charge on any atom is 0.245 e. The SMILES string of the molecule is CC(C)C[C@@H]1NC(=O)CCC(=O)[C@@H]2CCCN2C(=O)[C@H](CCC(=O)[O-])NC(=O)CNC(=O)[C@@H]2C[C@@H](O)CN2C1=O. The van der Waals surface area contributed by atoms with Crippen molar-refractivity contribution in [3.8, 4) is 0 Å². The molecule has 0 bridgehead atoms. The van der Waals surface area contributed by atoms with Gasteiger partial charge in [0.1, 0.15) is 18.1 Å². The van der Waals surface area contributed by atoms with Crippen LogP contribution in [-0.2, 0) is 33.6 Å². The molecule has 0 aromatic heterocycles. The molecule has 3 aliphatic rings. The van der Waals surface area contributed by atoms with Gasteiger partial charge in [-0.15, -0.1) is 0 Å². The Morgan fingerprint density at radius 1 is 0.975 bits per heavy atom. The zero-order valence-corrected chi connectivity index (χ0v) is 22.8. The summed E-state index contributed by atoms with van der Waals surface area (Å²) < 4.78 is 0. The number of carbonyl (C=O) groups excluding carboxylic acids is 7. The highest BCUT2D eigenvalue weighted by molar-refractivity contribution is 5.97. The van der Waals surface area contributed by atoms with Crippen LogP contribution in [0.15, 0.2) is 0 Å². The number of aliphatic hydroxyl groups excluding tert-OH is 1. The number of aliphatic hydroxyl groups is 1. The Morgan fingerprint density at radius 3 is 2.33 bits per heavy atom. The molecular formula is C26H38N5O9-. The van der Waals surface area contributed by atoms with Gasteiger partial charge >= 0.3 is 0 Å². The van der Waals surface area contributed by atoms with E-state index in [9.17, 15) is 43.8 Å². The first-order valence-corrected chi connectivity index (χ1v) is 13.7. The summed E-state index contributed by atoms with van der Waals surface area (Å²) >= 11 is 0. The summed E-state index contributed by atoms with van der Waals surface area (Å²) in [5.74, 6) is -4.96. The summed E-state index contributed by atoms with van der Waals surface area (Å²) in [5.41, 5.74) is 0. The lowest BCUT2D eigenvalue weighted by atomic mass is 10.0. The minimum absolute atomic E-state index is 0.000141. The maximum atomic E-state index is 13.5. The van der Waals surface area contributed by atoms with Crippen molar-refractivity contribution >= 4 is 41.3 Å². The summed E-state index contributed by atoms with van der Waals surface area (Å²) in [6, 6.07) is -4.19. The van der Waals surface area contributed by atoms with Crippen LogP contribution in [0.4, 0.5) is 0 Å². The van der Waals surface area contributed by atoms with Gasteiger partial charge in [0.25, 0.3) is 0 Å². The van der Waals surface area contributed by atoms with E-state index < -0.39 is 78.7 Å². The van der Waals surface area contributed by atoms with E-state index in [-0.39, 0.29) is 56.9 Å². The number of aliphatic carboxylic acids is 1. The first kappa shape index (κ1) is 31.0. The Labute approximate surface area is 232 Å². The molecule has 0 aromatic carbocycles. The van der Waals surface area contributed by atoms with Gasteiger partial charge in [0, 0.05) is 38.3 Å². The largest absolute Gasteiger partial charge is 0.550 e. The standard InChI is InChI=1S/C26H39N5O9/c1-14(2)10-17-26(40)31-13-15(32)11-19(31)24(38)27-12-22(35)28-16(5-8-23(36)37)25(39)30-9-3-4-18(30)20(33)6-7-21(34)29-17/h14-19,32H,3-13H2,1-2H3,(H,27,38)(H,28,35)(H,29,34)(H,36,37)/p-1/t15-,16+,17+,18+,19+/m1/s1. The van der Waals surface area contributed by atoms with Gasteiger partial charge in [-0.1, -0.05) is 13.8 Å². The van der Waals surface area contributed by atoms with E-state index in [1.54, 1.807) is 0 Å². The monoisotopic (exact) mass is 564 g/mol. The normalized spacial score (nSPS) is 29.4. The molecule has 3 rings (SSSR count). The number of nitrogens with one attached hydrogen (secondary N) is 3. The topological polar surface area (TPSA) is 205 Å². The number of amides is 5. The van der Waals surface area contributed by atoms with E-state index in [0.717, 1.165) is 0 Å². The molecule has 14 nitrogen and oxygen atoms in total. The van der Waals surface area contributed by atoms with Gasteiger partial charge in [-0.3, -0.25) is 28.8 Å². The molecule has 14 heteroatoms. The molecule has 3 saturated heterocycles. The predicted molar refractivity (Wildman–Crippen MR) is 136 cm³/mol. The average Bonchev–Trinajstić information content (AvgIpc) is 3.53. The fourth-order valence-corrected chi connectivity index (χ4v) is 5.48. The molecule has 0 spiro atoms. The summed E-state index contributed by atoms with van der Waals surface area (Å²) in [7, 11) is 0. The number of Topliss-reactive ketones (excluding diaryl/α,β-unsaturated/α-hetero) is 1. The van der Waals surface area contributed by atoms with Gasteiger partial charge < -0.3 is 40.8 Å². The second kappa shape index (κ2) is 13.7. The van der Waals surface area contributed by atoms with E-state index in [4.69, 9.17) is 0 Å². The highest BCUT2D eigenvalue weighted by atomic mass is 16.4. The molecule has 0 unspecified atom stereocenters. The van der Waals surface area contributed by atoms with Gasteiger partial charge in [-0.25, -0.2) is 0 Å². The van der Waals surface area contributed by atoms with Crippen molar-refractivity contribution in [2.75, 3.05) is 19.6 Å². The van der Waals surface area contributed by atoms with Gasteiger partial charge in [-0.2, -0.15) is 0 Å². The fraction of sp³-hybridized carbons (Fsp3) is 0.731. The Kier molecular flexibility index (Phi) is 10.6. The number of carbonyl (C=O) groups is 7. The molecule has 3 fully saturated rings. The van der Waals surface area contributed by atoms with Crippen molar-refractivity contribution in [3.63, 3.8) is 0 Å². The molecule has 0 radical (unpaired) electrons. The first-order chi connectivity index (χ1) is 18.9. The smallest absolute Gasteiger partial charge is 0.245 e. The molecule has 3 heterocycles. The third-order valence-corrected chi connectivity index (χ3v) is 7.40. The maximum absolute atomic E-state index is 13.5. The molecule has 4 N–H and O–H groups in total. The van der Waals surface area contributed by atoms with E-state index >= 15 is 0 Å². The number of fused-ring (bicyclic) bond motifs is 2. The third-order valence-electron chi connectivity index (χ3n) is 7.40. The highest BCUT2D eigenvalue weighted by Crippen LogP contribution is 2.23. The minimum atomic E-state index is -1.42. The van der Waals surface area contributed by atoms with Crippen molar-refractivity contribution in [3.05, 3.63) is 0 Å². The van der Waals surface area contributed by atoms with E-state index in [1.165, 1.54) is 9.80 Å². The Balaban J connectivity index is 1.88. The zero-order chi connectivity index (χ0) is 29.6.